The van der Waals surface area contributed by atoms with Crippen molar-refractivity contribution >= 4 is 18.0 Å². The number of amides is 2. The van der Waals surface area contributed by atoms with E-state index in [1.165, 1.54) is 7.05 Å². The molecule has 168 valence electrons. The minimum absolute atomic E-state index is 0.0188. The Morgan fingerprint density at radius 3 is 2.22 bits per heavy atom. The van der Waals surface area contributed by atoms with Crippen LogP contribution in [0.15, 0.2) is 48.5 Å². The van der Waals surface area contributed by atoms with Crippen molar-refractivity contribution in [3.8, 4) is 11.1 Å². The highest BCUT2D eigenvalue weighted by Gasteiger charge is 2.35. The van der Waals surface area contributed by atoms with Gasteiger partial charge in [-0.05, 0) is 41.0 Å². The van der Waals surface area contributed by atoms with Gasteiger partial charge in [-0.15, -0.1) is 0 Å². The molecule has 2 aliphatic carbocycles. The van der Waals surface area contributed by atoms with Crippen LogP contribution in [-0.2, 0) is 19.2 Å². The van der Waals surface area contributed by atoms with Gasteiger partial charge in [0, 0.05) is 25.4 Å². The maximum Gasteiger partial charge on any atom is 0.407 e. The van der Waals surface area contributed by atoms with Crippen molar-refractivity contribution in [2.75, 3.05) is 20.3 Å². The van der Waals surface area contributed by atoms with E-state index >= 15 is 0 Å². The molecule has 0 bridgehead atoms. The quantitative estimate of drug-likeness (QED) is 0.583. The van der Waals surface area contributed by atoms with E-state index in [4.69, 9.17) is 14.7 Å². The summed E-state index contributed by atoms with van der Waals surface area (Å²) in [5, 5.41) is 12.4. The highest BCUT2D eigenvalue weighted by Crippen LogP contribution is 2.44. The molecule has 0 spiro atoms. The third kappa shape index (κ3) is 4.91. The second-order valence-electron chi connectivity index (χ2n) is 8.18. The summed E-state index contributed by atoms with van der Waals surface area (Å²) in [5.74, 6) is -1.40. The summed E-state index contributed by atoms with van der Waals surface area (Å²) in [6.07, 6.45) is 1.29. The highest BCUT2D eigenvalue weighted by atomic mass is 16.7. The van der Waals surface area contributed by atoms with Crippen LogP contribution in [0.25, 0.3) is 11.1 Å². The molecule has 32 heavy (non-hydrogen) atoms. The standard InChI is InChI=1S/C24H26N2O6/c1-26(32-14-23(28)29)22(27)12-21(15-10-11-15)25-24(30)31-13-20-18-8-4-2-6-16(18)17-7-3-5-9-19(17)20/h2-9,15,20-21H,10-14H2,1H3,(H,25,30)(H,28,29). The summed E-state index contributed by atoms with van der Waals surface area (Å²) < 4.78 is 5.59. The first-order chi connectivity index (χ1) is 15.4. The average molecular weight is 438 g/mol. The van der Waals surface area contributed by atoms with Crippen LogP contribution in [-0.4, -0.2) is 54.4 Å². The van der Waals surface area contributed by atoms with E-state index in [9.17, 15) is 14.4 Å². The number of fused-ring (bicyclic) bond motifs is 3. The SMILES string of the molecule is CN(OCC(=O)O)C(=O)CC(NC(=O)OCC1c2ccccc2-c2ccccc21)C1CC1. The fourth-order valence-electron chi connectivity index (χ4n) is 4.17. The Balaban J connectivity index is 1.35. The predicted octanol–water partition coefficient (Wildman–Crippen LogP) is 3.17. The van der Waals surface area contributed by atoms with Crippen LogP contribution in [0.2, 0.25) is 0 Å². The number of nitrogens with one attached hydrogen (secondary N) is 1. The van der Waals surface area contributed by atoms with E-state index in [0.29, 0.717) is 0 Å². The lowest BCUT2D eigenvalue weighted by atomic mass is 9.98. The Morgan fingerprint density at radius 2 is 1.66 bits per heavy atom. The first-order valence-electron chi connectivity index (χ1n) is 10.7. The van der Waals surface area contributed by atoms with Crippen LogP contribution in [0, 0.1) is 5.92 Å². The van der Waals surface area contributed by atoms with Gasteiger partial charge >= 0.3 is 12.1 Å². The van der Waals surface area contributed by atoms with E-state index in [0.717, 1.165) is 40.2 Å². The molecule has 0 heterocycles. The molecule has 2 N–H and O–H groups in total. The fraction of sp³-hybridized carbons (Fsp3) is 0.375. The number of ether oxygens (including phenoxy) is 1. The molecule has 2 aromatic rings. The predicted molar refractivity (Wildman–Crippen MR) is 116 cm³/mol. The molecule has 2 aliphatic rings. The molecule has 1 unspecified atom stereocenters. The number of carboxylic acids is 1. The number of carbonyl (C=O) groups excluding carboxylic acids is 2. The smallest absolute Gasteiger partial charge is 0.407 e. The number of hydroxylamine groups is 2. The second kappa shape index (κ2) is 9.40. The van der Waals surface area contributed by atoms with Crippen molar-refractivity contribution in [3.05, 3.63) is 59.7 Å². The first-order valence-corrected chi connectivity index (χ1v) is 10.7. The van der Waals surface area contributed by atoms with Gasteiger partial charge in [0.2, 0.25) is 5.91 Å². The Bertz CT molecular complexity index is 974. The number of carbonyl (C=O) groups is 3. The number of carboxylic acid groups (broad SMARTS) is 1. The number of hydrogen-bond donors (Lipinski definition) is 2. The molecular weight excluding hydrogens is 412 g/mol. The third-order valence-electron chi connectivity index (χ3n) is 5.97. The van der Waals surface area contributed by atoms with Crippen LogP contribution >= 0.6 is 0 Å². The third-order valence-corrected chi connectivity index (χ3v) is 5.97. The van der Waals surface area contributed by atoms with Crippen molar-refractivity contribution in [2.24, 2.45) is 5.92 Å². The maximum absolute atomic E-state index is 12.6. The zero-order chi connectivity index (χ0) is 22.7. The zero-order valence-corrected chi connectivity index (χ0v) is 17.8. The minimum atomic E-state index is -1.17. The monoisotopic (exact) mass is 438 g/mol. The van der Waals surface area contributed by atoms with Crippen molar-refractivity contribution < 1.29 is 29.1 Å². The summed E-state index contributed by atoms with van der Waals surface area (Å²) in [4.78, 5) is 40.4. The molecule has 8 heteroatoms. The number of rotatable bonds is 9. The van der Waals surface area contributed by atoms with Gasteiger partial charge < -0.3 is 15.2 Å². The van der Waals surface area contributed by atoms with Gasteiger partial charge in [0.1, 0.15) is 6.61 Å². The van der Waals surface area contributed by atoms with Crippen LogP contribution in [0.5, 0.6) is 0 Å². The van der Waals surface area contributed by atoms with E-state index in [2.05, 4.69) is 29.6 Å². The van der Waals surface area contributed by atoms with Crippen LogP contribution < -0.4 is 5.32 Å². The molecule has 0 saturated heterocycles. The second-order valence-corrected chi connectivity index (χ2v) is 8.18. The molecule has 1 fully saturated rings. The largest absolute Gasteiger partial charge is 0.479 e. The molecule has 2 amide bonds. The highest BCUT2D eigenvalue weighted by molar-refractivity contribution is 5.79. The molecular formula is C24H26N2O6. The van der Waals surface area contributed by atoms with Gasteiger partial charge in [0.05, 0.1) is 0 Å². The molecule has 4 rings (SSSR count). The Kier molecular flexibility index (Phi) is 6.41. The first kappa shape index (κ1) is 21.8. The van der Waals surface area contributed by atoms with Gasteiger partial charge in [0.25, 0.3) is 0 Å². The summed E-state index contributed by atoms with van der Waals surface area (Å²) >= 11 is 0. The van der Waals surface area contributed by atoms with Crippen LogP contribution in [0.1, 0.15) is 36.3 Å². The fourth-order valence-corrected chi connectivity index (χ4v) is 4.17. The van der Waals surface area contributed by atoms with Gasteiger partial charge in [-0.3, -0.25) is 9.63 Å². The van der Waals surface area contributed by atoms with Crippen LogP contribution in [0.3, 0.4) is 0 Å². The number of aliphatic carboxylic acids is 1. The molecule has 2 aromatic carbocycles. The van der Waals surface area contributed by atoms with Crippen molar-refractivity contribution in [1.29, 1.82) is 0 Å². The summed E-state index contributed by atoms with van der Waals surface area (Å²) in [6, 6.07) is 15.8. The molecule has 8 nitrogen and oxygen atoms in total. The molecule has 1 atom stereocenters. The van der Waals surface area contributed by atoms with Gasteiger partial charge in [-0.1, -0.05) is 48.5 Å². The van der Waals surface area contributed by atoms with Crippen molar-refractivity contribution in [2.45, 2.75) is 31.2 Å². The van der Waals surface area contributed by atoms with Crippen molar-refractivity contribution in [3.63, 3.8) is 0 Å². The average Bonchev–Trinajstić information content (AvgIpc) is 3.58. The van der Waals surface area contributed by atoms with Crippen LogP contribution in [0.4, 0.5) is 4.79 Å². The summed E-state index contributed by atoms with van der Waals surface area (Å²) in [6.45, 7) is -0.400. The van der Waals surface area contributed by atoms with E-state index in [1.54, 1.807) is 0 Å². The van der Waals surface area contributed by atoms with Gasteiger partial charge in [-0.25, -0.2) is 14.7 Å². The molecule has 0 radical (unpaired) electrons. The topological polar surface area (TPSA) is 105 Å². The van der Waals surface area contributed by atoms with E-state index in [-0.39, 0.29) is 30.9 Å². The number of hydrogen-bond acceptors (Lipinski definition) is 5. The van der Waals surface area contributed by atoms with Gasteiger partial charge in [-0.2, -0.15) is 0 Å². The molecule has 1 saturated carbocycles. The minimum Gasteiger partial charge on any atom is -0.479 e. The van der Waals surface area contributed by atoms with Crippen molar-refractivity contribution in [1.82, 2.24) is 10.4 Å². The molecule has 0 aromatic heterocycles. The molecule has 0 aliphatic heterocycles. The lowest BCUT2D eigenvalue weighted by Crippen LogP contribution is -2.42. The lowest BCUT2D eigenvalue weighted by Gasteiger charge is -2.22. The van der Waals surface area contributed by atoms with E-state index in [1.807, 2.05) is 24.3 Å². The normalized spacial score (nSPS) is 15.4. The summed E-state index contributed by atoms with van der Waals surface area (Å²) in [5.41, 5.74) is 4.58. The van der Waals surface area contributed by atoms with E-state index < -0.39 is 24.6 Å². The number of nitrogens with zero attached hydrogens (tertiary/aromatic N) is 1. The van der Waals surface area contributed by atoms with Gasteiger partial charge in [0.15, 0.2) is 6.61 Å². The summed E-state index contributed by atoms with van der Waals surface area (Å²) in [7, 11) is 1.36. The number of benzene rings is 2. The Morgan fingerprint density at radius 1 is 1.06 bits per heavy atom. The zero-order valence-electron chi connectivity index (χ0n) is 17.8. The maximum atomic E-state index is 12.6. The number of alkyl carbamates (subject to hydrolysis) is 1. The Labute approximate surface area is 186 Å². The Hall–Kier alpha value is -3.39. The lowest BCUT2D eigenvalue weighted by molar-refractivity contribution is -0.186.